The summed E-state index contributed by atoms with van der Waals surface area (Å²) in [6, 6.07) is 12.1. The zero-order valence-corrected chi connectivity index (χ0v) is 18.7. The number of nitrogens with zero attached hydrogens (tertiary/aromatic N) is 2. The predicted octanol–water partition coefficient (Wildman–Crippen LogP) is 2.88. The number of pyridine rings is 2. The zero-order valence-electron chi connectivity index (χ0n) is 18.7. The molecule has 0 aliphatic carbocycles. The number of hydrazine groups is 2. The fourth-order valence-electron chi connectivity index (χ4n) is 3.89. The Labute approximate surface area is 188 Å². The van der Waals surface area contributed by atoms with Gasteiger partial charge in [-0.15, -0.1) is 0 Å². The lowest BCUT2D eigenvalue weighted by molar-refractivity contribution is 0.0952. The Balaban J connectivity index is 1.52. The Hall–Kier alpha value is -3.07. The predicted molar refractivity (Wildman–Crippen MR) is 125 cm³/mol. The highest BCUT2D eigenvalue weighted by atomic mass is 16.5. The fraction of sp³-hybridized carbons (Fsp3) is 0.375. The van der Waals surface area contributed by atoms with E-state index in [0.717, 1.165) is 46.4 Å². The van der Waals surface area contributed by atoms with Crippen LogP contribution in [0.4, 0.5) is 0 Å². The summed E-state index contributed by atoms with van der Waals surface area (Å²) in [5.41, 5.74) is 13.3. The average Bonchev–Trinajstić information content (AvgIpc) is 3.20. The topological polar surface area (TPSA) is 100 Å². The van der Waals surface area contributed by atoms with Crippen molar-refractivity contribution < 1.29 is 9.53 Å². The molecule has 0 bridgehead atoms. The van der Waals surface area contributed by atoms with Gasteiger partial charge in [-0.25, -0.2) is 15.8 Å². The van der Waals surface area contributed by atoms with Crippen LogP contribution in [-0.4, -0.2) is 41.1 Å². The largest absolute Gasteiger partial charge is 0.493 e. The summed E-state index contributed by atoms with van der Waals surface area (Å²) in [5, 5.41) is 3.91. The van der Waals surface area contributed by atoms with Crippen LogP contribution < -0.4 is 26.4 Å². The molecule has 8 nitrogen and oxygen atoms in total. The molecule has 1 saturated heterocycles. The van der Waals surface area contributed by atoms with Crippen molar-refractivity contribution in [2.45, 2.75) is 45.7 Å². The van der Waals surface area contributed by atoms with Crippen LogP contribution in [0.3, 0.4) is 0 Å². The lowest BCUT2D eigenvalue weighted by atomic mass is 10.1. The summed E-state index contributed by atoms with van der Waals surface area (Å²) >= 11 is 0. The van der Waals surface area contributed by atoms with Crippen molar-refractivity contribution in [2.24, 2.45) is 0 Å². The van der Waals surface area contributed by atoms with Gasteiger partial charge < -0.3 is 10.1 Å². The van der Waals surface area contributed by atoms with Crippen molar-refractivity contribution in [3.63, 3.8) is 0 Å². The van der Waals surface area contributed by atoms with Crippen molar-refractivity contribution >= 4 is 16.8 Å². The Bertz CT molecular complexity index is 1100. The highest BCUT2D eigenvalue weighted by Gasteiger charge is 2.21. The Kier molecular flexibility index (Phi) is 6.94. The molecule has 1 aliphatic heterocycles. The van der Waals surface area contributed by atoms with Gasteiger partial charge >= 0.3 is 0 Å². The summed E-state index contributed by atoms with van der Waals surface area (Å²) in [5.74, 6) is 0.662. The number of ether oxygens (including phenoxy) is 1. The molecule has 1 aliphatic rings. The summed E-state index contributed by atoms with van der Waals surface area (Å²) in [6.07, 6.45) is 3.63. The smallest absolute Gasteiger partial charge is 0.251 e. The van der Waals surface area contributed by atoms with E-state index in [2.05, 4.69) is 33.6 Å². The molecule has 4 rings (SSSR count). The minimum Gasteiger partial charge on any atom is -0.493 e. The van der Waals surface area contributed by atoms with E-state index < -0.39 is 0 Å². The van der Waals surface area contributed by atoms with Gasteiger partial charge in [0.15, 0.2) is 0 Å². The maximum absolute atomic E-state index is 12.7. The molecule has 1 aromatic carbocycles. The SMILES string of the molecule is CCOc1cc(-c2ccnc(C)c2)nc2cc(C(=O)NCCCC3NNNC3C)ccc12. The van der Waals surface area contributed by atoms with Crippen molar-refractivity contribution in [2.75, 3.05) is 13.2 Å². The number of fused-ring (bicyclic) bond motifs is 1. The van der Waals surface area contributed by atoms with Crippen LogP contribution >= 0.6 is 0 Å². The molecule has 2 atom stereocenters. The molecule has 0 spiro atoms. The third-order valence-electron chi connectivity index (χ3n) is 5.66. The minimum atomic E-state index is -0.0968. The quantitative estimate of drug-likeness (QED) is 0.405. The van der Waals surface area contributed by atoms with Gasteiger partial charge in [-0.1, -0.05) is 0 Å². The summed E-state index contributed by atoms with van der Waals surface area (Å²) in [4.78, 5) is 21.8. The second kappa shape index (κ2) is 10.0. The van der Waals surface area contributed by atoms with Crippen LogP contribution in [0.5, 0.6) is 5.75 Å². The zero-order chi connectivity index (χ0) is 22.5. The van der Waals surface area contributed by atoms with Gasteiger partial charge in [0, 0.05) is 53.1 Å². The second-order valence-corrected chi connectivity index (χ2v) is 8.06. The molecule has 32 heavy (non-hydrogen) atoms. The first-order chi connectivity index (χ1) is 15.5. The maximum atomic E-state index is 12.7. The van der Waals surface area contributed by atoms with Gasteiger partial charge in [-0.05, 0) is 63.9 Å². The van der Waals surface area contributed by atoms with E-state index in [1.165, 1.54) is 0 Å². The molecule has 3 heterocycles. The number of hydrogen-bond acceptors (Lipinski definition) is 7. The van der Waals surface area contributed by atoms with E-state index in [1.54, 1.807) is 6.20 Å². The number of hydrogen-bond donors (Lipinski definition) is 4. The normalized spacial score (nSPS) is 18.1. The number of aromatic nitrogens is 2. The molecular formula is C24H30N6O2. The van der Waals surface area contributed by atoms with Crippen molar-refractivity contribution in [1.82, 2.24) is 31.7 Å². The van der Waals surface area contributed by atoms with Crippen LogP contribution in [-0.2, 0) is 0 Å². The van der Waals surface area contributed by atoms with Gasteiger partial charge in [0.05, 0.1) is 17.8 Å². The first kappa shape index (κ1) is 22.1. The van der Waals surface area contributed by atoms with E-state index in [0.29, 0.717) is 30.8 Å². The summed E-state index contributed by atoms with van der Waals surface area (Å²) in [7, 11) is 0. The van der Waals surface area contributed by atoms with Crippen LogP contribution in [0, 0.1) is 6.92 Å². The molecule has 0 radical (unpaired) electrons. The van der Waals surface area contributed by atoms with E-state index >= 15 is 0 Å². The standard InChI is InChI=1S/C24H30N6O2/c1-4-32-23-14-21(17-9-11-25-15(2)12-17)27-22-13-18(7-8-19(22)23)24(31)26-10-5-6-20-16(3)28-30-29-20/h7-9,11-14,16,20,28-30H,4-6,10H2,1-3H3,(H,26,31). The summed E-state index contributed by atoms with van der Waals surface area (Å²) in [6.45, 7) is 7.20. The summed E-state index contributed by atoms with van der Waals surface area (Å²) < 4.78 is 5.88. The van der Waals surface area contributed by atoms with E-state index in [9.17, 15) is 4.79 Å². The molecule has 4 N–H and O–H groups in total. The van der Waals surface area contributed by atoms with E-state index in [-0.39, 0.29) is 5.91 Å². The third kappa shape index (κ3) is 5.04. The van der Waals surface area contributed by atoms with Gasteiger partial charge in [-0.2, -0.15) is 5.53 Å². The number of aryl methyl sites for hydroxylation is 1. The Morgan fingerprint density at radius 3 is 2.81 bits per heavy atom. The molecular weight excluding hydrogens is 404 g/mol. The monoisotopic (exact) mass is 434 g/mol. The van der Waals surface area contributed by atoms with E-state index in [1.807, 2.05) is 50.2 Å². The van der Waals surface area contributed by atoms with Gasteiger partial charge in [0.1, 0.15) is 5.75 Å². The number of carbonyl (C=O) groups excluding carboxylic acids is 1. The number of rotatable bonds is 8. The average molecular weight is 435 g/mol. The van der Waals surface area contributed by atoms with Crippen LogP contribution in [0.2, 0.25) is 0 Å². The molecule has 1 fully saturated rings. The highest BCUT2D eigenvalue weighted by molar-refractivity contribution is 5.99. The number of benzene rings is 1. The first-order valence-corrected chi connectivity index (χ1v) is 11.1. The van der Waals surface area contributed by atoms with Gasteiger partial charge in [0.25, 0.3) is 5.91 Å². The van der Waals surface area contributed by atoms with Crippen LogP contribution in [0.25, 0.3) is 22.2 Å². The van der Waals surface area contributed by atoms with Gasteiger partial charge in [-0.3, -0.25) is 9.78 Å². The second-order valence-electron chi connectivity index (χ2n) is 8.06. The first-order valence-electron chi connectivity index (χ1n) is 11.1. The molecule has 2 unspecified atom stereocenters. The van der Waals surface area contributed by atoms with Gasteiger partial charge in [0.2, 0.25) is 0 Å². The third-order valence-corrected chi connectivity index (χ3v) is 5.66. The van der Waals surface area contributed by atoms with Crippen LogP contribution in [0.15, 0.2) is 42.6 Å². The number of carbonyl (C=O) groups is 1. The van der Waals surface area contributed by atoms with E-state index in [4.69, 9.17) is 9.72 Å². The van der Waals surface area contributed by atoms with Crippen LogP contribution in [0.1, 0.15) is 42.7 Å². The molecule has 2 aromatic heterocycles. The molecule has 8 heteroatoms. The lowest BCUT2D eigenvalue weighted by Crippen LogP contribution is -2.34. The van der Waals surface area contributed by atoms with Crippen molar-refractivity contribution in [3.8, 4) is 17.0 Å². The maximum Gasteiger partial charge on any atom is 0.251 e. The van der Waals surface area contributed by atoms with Crippen molar-refractivity contribution in [3.05, 3.63) is 53.9 Å². The number of amides is 1. The fourth-order valence-corrected chi connectivity index (χ4v) is 3.89. The Morgan fingerprint density at radius 1 is 1.19 bits per heavy atom. The molecule has 0 saturated carbocycles. The molecule has 1 amide bonds. The minimum absolute atomic E-state index is 0.0968. The number of nitrogens with one attached hydrogen (secondary N) is 4. The van der Waals surface area contributed by atoms with Crippen molar-refractivity contribution in [1.29, 1.82) is 0 Å². The highest BCUT2D eigenvalue weighted by Crippen LogP contribution is 2.31. The lowest BCUT2D eigenvalue weighted by Gasteiger charge is -2.14. The molecule has 168 valence electrons. The molecule has 3 aromatic rings. The Morgan fingerprint density at radius 2 is 2.06 bits per heavy atom.